The summed E-state index contributed by atoms with van der Waals surface area (Å²) in [6, 6.07) is 5.79. The van der Waals surface area contributed by atoms with Gasteiger partial charge in [0, 0.05) is 35.8 Å². The van der Waals surface area contributed by atoms with Crippen LogP contribution in [-0.4, -0.2) is 33.5 Å². The van der Waals surface area contributed by atoms with Gasteiger partial charge in [-0.3, -0.25) is 9.78 Å². The van der Waals surface area contributed by atoms with E-state index >= 15 is 0 Å². The molecule has 1 amide bonds. The molecule has 6 heteroatoms. The molecule has 1 saturated carbocycles. The van der Waals surface area contributed by atoms with E-state index in [9.17, 15) is 4.79 Å². The summed E-state index contributed by atoms with van der Waals surface area (Å²) in [5, 5.41) is 3.05. The van der Waals surface area contributed by atoms with Crippen molar-refractivity contribution >= 4 is 5.91 Å². The van der Waals surface area contributed by atoms with E-state index in [0.717, 1.165) is 30.5 Å². The van der Waals surface area contributed by atoms with Crippen molar-refractivity contribution in [2.75, 3.05) is 6.61 Å². The van der Waals surface area contributed by atoms with E-state index in [1.54, 1.807) is 18.5 Å². The molecule has 0 radical (unpaired) electrons. The van der Waals surface area contributed by atoms with Crippen LogP contribution < -0.4 is 10.1 Å². The average Bonchev–Trinajstić information content (AvgIpc) is 2.67. The summed E-state index contributed by atoms with van der Waals surface area (Å²) in [7, 11) is 0. The summed E-state index contributed by atoms with van der Waals surface area (Å²) in [6.07, 6.45) is 9.94. The number of nitrogens with one attached hydrogen (secondary N) is 1. The van der Waals surface area contributed by atoms with Crippen LogP contribution in [0.1, 0.15) is 44.7 Å². The second-order valence-corrected chi connectivity index (χ2v) is 6.30. The highest BCUT2D eigenvalue weighted by Crippen LogP contribution is 2.19. The highest BCUT2D eigenvalue weighted by atomic mass is 16.5. The molecule has 1 aliphatic carbocycles. The Hall–Kier alpha value is -2.50. The Kier molecular flexibility index (Phi) is 5.93. The summed E-state index contributed by atoms with van der Waals surface area (Å²) in [4.78, 5) is 25.1. The molecule has 0 aromatic carbocycles. The van der Waals surface area contributed by atoms with Gasteiger partial charge in [-0.2, -0.15) is 4.98 Å². The molecule has 2 heterocycles. The molecule has 0 atom stereocenters. The van der Waals surface area contributed by atoms with E-state index in [1.165, 1.54) is 19.3 Å². The maximum absolute atomic E-state index is 12.1. The number of carbonyl (C=O) groups excluding carboxylic acids is 1. The van der Waals surface area contributed by atoms with E-state index in [-0.39, 0.29) is 18.6 Å². The molecule has 1 fully saturated rings. The SMILES string of the molecule is CCc1cc(OCC(=O)NC2CCCCC2)nc(-c2ccncc2)n1. The highest BCUT2D eigenvalue weighted by Gasteiger charge is 2.16. The van der Waals surface area contributed by atoms with Crippen molar-refractivity contribution in [3.8, 4) is 17.3 Å². The van der Waals surface area contributed by atoms with Gasteiger partial charge in [-0.15, -0.1) is 0 Å². The van der Waals surface area contributed by atoms with Gasteiger partial charge in [0.15, 0.2) is 12.4 Å². The first-order valence-corrected chi connectivity index (χ1v) is 8.95. The molecule has 0 unspecified atom stereocenters. The number of aromatic nitrogens is 3. The zero-order chi connectivity index (χ0) is 17.5. The first kappa shape index (κ1) is 17.3. The smallest absolute Gasteiger partial charge is 0.258 e. The van der Waals surface area contributed by atoms with Crippen molar-refractivity contribution in [2.24, 2.45) is 0 Å². The number of amides is 1. The molecule has 2 aromatic rings. The number of ether oxygens (including phenoxy) is 1. The molecule has 3 rings (SSSR count). The van der Waals surface area contributed by atoms with Crippen molar-refractivity contribution in [3.05, 3.63) is 36.3 Å². The lowest BCUT2D eigenvalue weighted by Gasteiger charge is -2.22. The number of aryl methyl sites for hydroxylation is 1. The molecular weight excluding hydrogens is 316 g/mol. The molecule has 25 heavy (non-hydrogen) atoms. The van der Waals surface area contributed by atoms with Crippen LogP contribution in [0.15, 0.2) is 30.6 Å². The van der Waals surface area contributed by atoms with Crippen molar-refractivity contribution in [3.63, 3.8) is 0 Å². The molecule has 6 nitrogen and oxygen atoms in total. The molecule has 1 aliphatic rings. The second-order valence-electron chi connectivity index (χ2n) is 6.30. The van der Waals surface area contributed by atoms with Gasteiger partial charge in [-0.1, -0.05) is 26.2 Å². The minimum Gasteiger partial charge on any atom is -0.467 e. The fourth-order valence-corrected chi connectivity index (χ4v) is 3.01. The molecule has 1 N–H and O–H groups in total. The van der Waals surface area contributed by atoms with E-state index in [4.69, 9.17) is 4.74 Å². The van der Waals surface area contributed by atoms with Crippen molar-refractivity contribution in [1.29, 1.82) is 0 Å². The van der Waals surface area contributed by atoms with Crippen LogP contribution in [0.25, 0.3) is 11.4 Å². The van der Waals surface area contributed by atoms with Crippen LogP contribution in [0.3, 0.4) is 0 Å². The summed E-state index contributed by atoms with van der Waals surface area (Å²) < 4.78 is 5.64. The molecule has 0 spiro atoms. The normalized spacial score (nSPS) is 14.9. The van der Waals surface area contributed by atoms with E-state index in [0.29, 0.717) is 11.7 Å². The standard InChI is InChI=1S/C19H24N4O2/c1-2-15-12-18(23-19(22-15)14-8-10-20-11-9-14)25-13-17(24)21-16-6-4-3-5-7-16/h8-12,16H,2-7,13H2,1H3,(H,21,24). The van der Waals surface area contributed by atoms with Crippen LogP contribution in [0, 0.1) is 0 Å². The summed E-state index contributed by atoms with van der Waals surface area (Å²) in [5.74, 6) is 0.927. The zero-order valence-electron chi connectivity index (χ0n) is 14.6. The van der Waals surface area contributed by atoms with Gasteiger partial charge in [0.05, 0.1) is 0 Å². The Balaban J connectivity index is 1.64. The Bertz CT molecular complexity index is 700. The van der Waals surface area contributed by atoms with Gasteiger partial charge in [-0.05, 0) is 31.4 Å². The Morgan fingerprint density at radius 2 is 1.96 bits per heavy atom. The van der Waals surface area contributed by atoms with E-state index in [2.05, 4.69) is 20.3 Å². The minimum atomic E-state index is -0.0889. The fourth-order valence-electron chi connectivity index (χ4n) is 3.01. The lowest BCUT2D eigenvalue weighted by atomic mass is 9.95. The van der Waals surface area contributed by atoms with Crippen molar-refractivity contribution in [1.82, 2.24) is 20.3 Å². The Morgan fingerprint density at radius 1 is 1.20 bits per heavy atom. The molecule has 0 saturated heterocycles. The second kappa shape index (κ2) is 8.55. The van der Waals surface area contributed by atoms with Crippen LogP contribution in [0.5, 0.6) is 5.88 Å². The van der Waals surface area contributed by atoms with Crippen LogP contribution >= 0.6 is 0 Å². The maximum Gasteiger partial charge on any atom is 0.258 e. The third-order valence-corrected chi connectivity index (χ3v) is 4.38. The Morgan fingerprint density at radius 3 is 2.68 bits per heavy atom. The molecule has 2 aromatic heterocycles. The quantitative estimate of drug-likeness (QED) is 0.875. The molecule has 132 valence electrons. The number of nitrogens with zero attached hydrogens (tertiary/aromatic N) is 3. The van der Waals surface area contributed by atoms with Gasteiger partial charge in [0.1, 0.15) is 0 Å². The van der Waals surface area contributed by atoms with E-state index < -0.39 is 0 Å². The van der Waals surface area contributed by atoms with Crippen LogP contribution in [0.4, 0.5) is 0 Å². The number of pyridine rings is 1. The topological polar surface area (TPSA) is 77.0 Å². The third kappa shape index (κ3) is 4.98. The van der Waals surface area contributed by atoms with Gasteiger partial charge < -0.3 is 10.1 Å². The number of hydrogen-bond acceptors (Lipinski definition) is 5. The van der Waals surface area contributed by atoms with Crippen LogP contribution in [0.2, 0.25) is 0 Å². The lowest BCUT2D eigenvalue weighted by molar-refractivity contribution is -0.124. The highest BCUT2D eigenvalue weighted by molar-refractivity contribution is 5.77. The summed E-state index contributed by atoms with van der Waals surface area (Å²) >= 11 is 0. The first-order valence-electron chi connectivity index (χ1n) is 8.95. The van der Waals surface area contributed by atoms with Gasteiger partial charge in [0.25, 0.3) is 5.91 Å². The Labute approximate surface area is 148 Å². The number of carbonyl (C=O) groups is 1. The van der Waals surface area contributed by atoms with Crippen LogP contribution in [-0.2, 0) is 11.2 Å². The summed E-state index contributed by atoms with van der Waals surface area (Å²) in [5.41, 5.74) is 1.76. The number of rotatable bonds is 6. The lowest BCUT2D eigenvalue weighted by Crippen LogP contribution is -2.39. The molecular formula is C19H24N4O2. The monoisotopic (exact) mass is 340 g/mol. The predicted octanol–water partition coefficient (Wildman–Crippen LogP) is 2.93. The van der Waals surface area contributed by atoms with E-state index in [1.807, 2.05) is 19.1 Å². The largest absolute Gasteiger partial charge is 0.467 e. The van der Waals surface area contributed by atoms with Gasteiger partial charge >= 0.3 is 0 Å². The van der Waals surface area contributed by atoms with Gasteiger partial charge in [0.2, 0.25) is 5.88 Å². The minimum absolute atomic E-state index is 0.0214. The van der Waals surface area contributed by atoms with Crippen molar-refractivity contribution < 1.29 is 9.53 Å². The summed E-state index contributed by atoms with van der Waals surface area (Å²) in [6.45, 7) is 2.00. The molecule has 0 aliphatic heterocycles. The average molecular weight is 340 g/mol. The first-order chi connectivity index (χ1) is 12.2. The fraction of sp³-hybridized carbons (Fsp3) is 0.474. The van der Waals surface area contributed by atoms with Crippen molar-refractivity contribution in [2.45, 2.75) is 51.5 Å². The number of hydrogen-bond donors (Lipinski definition) is 1. The third-order valence-electron chi connectivity index (χ3n) is 4.38. The zero-order valence-corrected chi connectivity index (χ0v) is 14.6. The maximum atomic E-state index is 12.1. The predicted molar refractivity (Wildman–Crippen MR) is 95.2 cm³/mol. The van der Waals surface area contributed by atoms with Gasteiger partial charge in [-0.25, -0.2) is 4.98 Å². The molecule has 0 bridgehead atoms.